The molecule has 0 radical (unpaired) electrons. The highest BCUT2D eigenvalue weighted by Gasteiger charge is 2.15. The highest BCUT2D eigenvalue weighted by molar-refractivity contribution is 5.97. The molecule has 0 amide bonds. The van der Waals surface area contributed by atoms with Crippen molar-refractivity contribution in [3.8, 4) is 5.69 Å². The monoisotopic (exact) mass is 337 g/mol. The summed E-state index contributed by atoms with van der Waals surface area (Å²) in [6, 6.07) is 16.8. The summed E-state index contributed by atoms with van der Waals surface area (Å²) >= 11 is 0. The van der Waals surface area contributed by atoms with Crippen LogP contribution in [0.15, 0.2) is 92.6 Å². The highest BCUT2D eigenvalue weighted by Crippen LogP contribution is 2.33. The van der Waals surface area contributed by atoms with Gasteiger partial charge in [-0.3, -0.25) is 0 Å². The Bertz CT molecular complexity index is 1030. The summed E-state index contributed by atoms with van der Waals surface area (Å²) in [5.74, 6) is 0. The summed E-state index contributed by atoms with van der Waals surface area (Å²) in [5.41, 5.74) is 6.62. The van der Waals surface area contributed by atoms with E-state index in [0.29, 0.717) is 0 Å². The topological polar surface area (TPSA) is 4.93 Å². The van der Waals surface area contributed by atoms with E-state index >= 15 is 0 Å². The molecule has 0 aliphatic heterocycles. The van der Waals surface area contributed by atoms with Gasteiger partial charge in [0, 0.05) is 16.6 Å². The van der Waals surface area contributed by atoms with Crippen LogP contribution < -0.4 is 0 Å². The van der Waals surface area contributed by atoms with E-state index in [0.717, 1.165) is 39.0 Å². The van der Waals surface area contributed by atoms with Crippen LogP contribution in [0.5, 0.6) is 0 Å². The lowest BCUT2D eigenvalue weighted by Gasteiger charge is -2.09. The van der Waals surface area contributed by atoms with Gasteiger partial charge in [0.2, 0.25) is 0 Å². The fourth-order valence-electron chi connectivity index (χ4n) is 3.27. The Morgan fingerprint density at radius 1 is 0.962 bits per heavy atom. The summed E-state index contributed by atoms with van der Waals surface area (Å²) in [5, 5.41) is 1.16. The van der Waals surface area contributed by atoms with Gasteiger partial charge in [-0.05, 0) is 48.4 Å². The molecule has 0 aliphatic rings. The maximum atomic E-state index is 4.03. The number of hydrogen-bond acceptors (Lipinski definition) is 0. The largest absolute Gasteiger partial charge is 0.309 e. The number of rotatable bonds is 6. The molecule has 0 atom stereocenters. The van der Waals surface area contributed by atoms with Gasteiger partial charge < -0.3 is 4.57 Å². The van der Waals surface area contributed by atoms with Crippen LogP contribution in [-0.2, 0) is 0 Å². The van der Waals surface area contributed by atoms with Crippen LogP contribution >= 0.6 is 0 Å². The number of para-hydroxylation sites is 1. The lowest BCUT2D eigenvalue weighted by Crippen LogP contribution is -1.96. The first kappa shape index (κ1) is 17.5. The second-order valence-corrected chi connectivity index (χ2v) is 5.96. The van der Waals surface area contributed by atoms with Crippen LogP contribution in [0.3, 0.4) is 0 Å². The van der Waals surface area contributed by atoms with Crippen molar-refractivity contribution in [2.24, 2.45) is 0 Å². The van der Waals surface area contributed by atoms with Crippen LogP contribution in [0.4, 0.5) is 0 Å². The molecule has 0 saturated carbocycles. The van der Waals surface area contributed by atoms with E-state index < -0.39 is 0 Å². The van der Waals surface area contributed by atoms with Crippen LogP contribution in [0.25, 0.3) is 34.3 Å². The predicted molar refractivity (Wildman–Crippen MR) is 116 cm³/mol. The summed E-state index contributed by atoms with van der Waals surface area (Å²) in [6.07, 6.45) is 11.8. The Hall–Kier alpha value is -3.32. The van der Waals surface area contributed by atoms with Crippen LogP contribution in [0, 0.1) is 0 Å². The molecule has 0 spiro atoms. The highest BCUT2D eigenvalue weighted by atomic mass is 15.0. The molecule has 0 unspecified atom stereocenters. The molecule has 3 rings (SSSR count). The van der Waals surface area contributed by atoms with Crippen molar-refractivity contribution in [3.63, 3.8) is 0 Å². The third kappa shape index (κ3) is 3.00. The molecule has 0 aliphatic carbocycles. The van der Waals surface area contributed by atoms with Crippen LogP contribution in [0.1, 0.15) is 23.7 Å². The first-order valence-electron chi connectivity index (χ1n) is 8.69. The van der Waals surface area contributed by atoms with Gasteiger partial charge in [-0.1, -0.05) is 74.4 Å². The minimum Gasteiger partial charge on any atom is -0.309 e. The molecule has 26 heavy (non-hydrogen) atoms. The Morgan fingerprint density at radius 3 is 2.35 bits per heavy atom. The van der Waals surface area contributed by atoms with Gasteiger partial charge in [0.25, 0.3) is 0 Å². The normalized spacial score (nSPS) is 11.8. The molecule has 0 N–H and O–H groups in total. The second-order valence-electron chi connectivity index (χ2n) is 5.96. The molecular formula is C25H23N. The van der Waals surface area contributed by atoms with Crippen molar-refractivity contribution >= 4 is 28.6 Å². The minimum atomic E-state index is 1.05. The summed E-state index contributed by atoms with van der Waals surface area (Å²) in [7, 11) is 0. The lowest BCUT2D eigenvalue weighted by molar-refractivity contribution is 1.11. The predicted octanol–water partition coefficient (Wildman–Crippen LogP) is 7.06. The van der Waals surface area contributed by atoms with Gasteiger partial charge in [-0.2, -0.15) is 0 Å². The van der Waals surface area contributed by atoms with E-state index in [4.69, 9.17) is 0 Å². The standard InChI is InChI=1S/C25H23N/c1-5-9-13-19(6-2)20-16-17-25-23(18-20)22(7-3)24(8-4)26(25)21-14-11-10-12-15-21/h5-18H,2-4H2,1H3/b9-5-,19-13+. The quantitative estimate of drug-likeness (QED) is 0.424. The summed E-state index contributed by atoms with van der Waals surface area (Å²) in [6.45, 7) is 14.0. The Kier molecular flexibility index (Phi) is 5.19. The Labute approximate surface area is 155 Å². The smallest absolute Gasteiger partial charge is 0.0541 e. The zero-order chi connectivity index (χ0) is 18.5. The molecule has 1 heteroatoms. The molecule has 3 aromatic rings. The van der Waals surface area contributed by atoms with Crippen molar-refractivity contribution in [3.05, 3.63) is 109 Å². The number of aromatic nitrogens is 1. The first-order valence-corrected chi connectivity index (χ1v) is 8.69. The minimum absolute atomic E-state index is 1.05. The van der Waals surface area contributed by atoms with Crippen molar-refractivity contribution in [2.75, 3.05) is 0 Å². The molecule has 0 fully saturated rings. The van der Waals surface area contributed by atoms with Crippen molar-refractivity contribution in [2.45, 2.75) is 6.92 Å². The molecule has 1 aromatic heterocycles. The van der Waals surface area contributed by atoms with E-state index in [1.54, 1.807) is 0 Å². The fourth-order valence-corrected chi connectivity index (χ4v) is 3.27. The molecule has 0 bridgehead atoms. The first-order chi connectivity index (χ1) is 12.7. The average molecular weight is 337 g/mol. The van der Waals surface area contributed by atoms with Gasteiger partial charge in [0.15, 0.2) is 0 Å². The molecule has 1 heterocycles. The average Bonchev–Trinajstić information content (AvgIpc) is 3.02. The van der Waals surface area contributed by atoms with Gasteiger partial charge in [-0.25, -0.2) is 0 Å². The van der Waals surface area contributed by atoms with Crippen LogP contribution in [-0.4, -0.2) is 4.57 Å². The molecular weight excluding hydrogens is 314 g/mol. The van der Waals surface area contributed by atoms with Gasteiger partial charge in [0.05, 0.1) is 11.2 Å². The maximum absolute atomic E-state index is 4.03. The molecule has 1 nitrogen and oxygen atoms in total. The third-order valence-corrected chi connectivity index (χ3v) is 4.48. The number of allylic oxidation sites excluding steroid dienone is 5. The number of benzene rings is 2. The maximum Gasteiger partial charge on any atom is 0.0541 e. The van der Waals surface area contributed by atoms with E-state index in [-0.39, 0.29) is 0 Å². The molecule has 128 valence electrons. The SMILES string of the molecule is C=C/C(=C\C=C/C)c1ccc2c(c1)c(C=C)c(C=C)n2-c1ccccc1. The second kappa shape index (κ2) is 7.71. The lowest BCUT2D eigenvalue weighted by atomic mass is 10.0. The van der Waals surface area contributed by atoms with E-state index in [1.807, 2.05) is 55.5 Å². The Balaban J connectivity index is 2.33. The fraction of sp³-hybridized carbons (Fsp3) is 0.0400. The van der Waals surface area contributed by atoms with E-state index in [2.05, 4.69) is 60.7 Å². The van der Waals surface area contributed by atoms with Gasteiger partial charge >= 0.3 is 0 Å². The summed E-state index contributed by atoms with van der Waals surface area (Å²) in [4.78, 5) is 0. The van der Waals surface area contributed by atoms with Crippen molar-refractivity contribution in [1.29, 1.82) is 0 Å². The third-order valence-electron chi connectivity index (χ3n) is 4.48. The van der Waals surface area contributed by atoms with Crippen molar-refractivity contribution < 1.29 is 0 Å². The van der Waals surface area contributed by atoms with Gasteiger partial charge in [0.1, 0.15) is 0 Å². The number of nitrogens with zero attached hydrogens (tertiary/aromatic N) is 1. The van der Waals surface area contributed by atoms with Crippen LogP contribution in [0.2, 0.25) is 0 Å². The summed E-state index contributed by atoms with van der Waals surface area (Å²) < 4.78 is 2.23. The molecule has 2 aromatic carbocycles. The Morgan fingerprint density at radius 2 is 1.73 bits per heavy atom. The van der Waals surface area contributed by atoms with Crippen molar-refractivity contribution in [1.82, 2.24) is 4.57 Å². The van der Waals surface area contributed by atoms with Gasteiger partial charge in [-0.15, -0.1) is 0 Å². The zero-order valence-electron chi connectivity index (χ0n) is 15.2. The molecule has 0 saturated heterocycles. The van der Waals surface area contributed by atoms with E-state index in [1.165, 1.54) is 0 Å². The number of fused-ring (bicyclic) bond motifs is 1. The number of hydrogen-bond donors (Lipinski definition) is 0. The zero-order valence-corrected chi connectivity index (χ0v) is 15.2. The van der Waals surface area contributed by atoms with E-state index in [9.17, 15) is 0 Å².